The topological polar surface area (TPSA) is 41.6 Å². The lowest BCUT2D eigenvalue weighted by atomic mass is 9.99. The minimum atomic E-state index is -0.277. The summed E-state index contributed by atoms with van der Waals surface area (Å²) < 4.78 is 14.5. The number of benzene rings is 2. The molecule has 0 unspecified atom stereocenters. The van der Waals surface area contributed by atoms with Crippen molar-refractivity contribution in [2.24, 2.45) is 0 Å². The highest BCUT2D eigenvalue weighted by atomic mass is 19.1. The van der Waals surface area contributed by atoms with E-state index in [0.717, 1.165) is 33.8 Å². The van der Waals surface area contributed by atoms with Crippen molar-refractivity contribution < 1.29 is 4.39 Å². The number of H-pyrrole nitrogens is 1. The number of aromatic nitrogens is 3. The molecule has 2 aromatic carbocycles. The molecule has 1 N–H and O–H groups in total. The molecule has 4 aromatic rings. The fourth-order valence-electron chi connectivity index (χ4n) is 3.62. The molecule has 4 rings (SSSR count). The van der Waals surface area contributed by atoms with Crippen LogP contribution in [0.3, 0.4) is 0 Å². The van der Waals surface area contributed by atoms with Gasteiger partial charge in [0.05, 0.1) is 11.4 Å². The van der Waals surface area contributed by atoms with E-state index in [4.69, 9.17) is 4.98 Å². The number of hydrogen-bond donors (Lipinski definition) is 1. The summed E-state index contributed by atoms with van der Waals surface area (Å²) in [5, 5.41) is 0. The lowest BCUT2D eigenvalue weighted by Gasteiger charge is -2.08. The molecule has 0 amide bonds. The van der Waals surface area contributed by atoms with Gasteiger partial charge in [-0.3, -0.25) is 4.98 Å². The number of rotatable bonds is 3. The number of aryl methyl sites for hydroxylation is 3. The highest BCUT2D eigenvalue weighted by molar-refractivity contribution is 5.82. The van der Waals surface area contributed by atoms with Crippen molar-refractivity contribution >= 4 is 0 Å². The smallest absolute Gasteiger partial charge is 0.139 e. The maximum absolute atomic E-state index is 14.5. The molecule has 0 spiro atoms. The molecule has 0 aliphatic rings. The summed E-state index contributed by atoms with van der Waals surface area (Å²) in [6.07, 6.45) is 3.44. The summed E-state index contributed by atoms with van der Waals surface area (Å²) >= 11 is 0. The van der Waals surface area contributed by atoms with Crippen LogP contribution in [-0.2, 0) is 0 Å². The zero-order valence-corrected chi connectivity index (χ0v) is 15.5. The number of nitrogens with zero attached hydrogens (tertiary/aromatic N) is 2. The number of halogens is 1. The fraction of sp³-hybridized carbons (Fsp3) is 0.130. The maximum atomic E-state index is 14.5. The highest BCUT2D eigenvalue weighted by Crippen LogP contribution is 2.36. The molecular weight excluding hydrogens is 337 g/mol. The van der Waals surface area contributed by atoms with Crippen molar-refractivity contribution in [2.75, 3.05) is 0 Å². The van der Waals surface area contributed by atoms with Crippen LogP contribution < -0.4 is 0 Å². The summed E-state index contributed by atoms with van der Waals surface area (Å²) in [6.45, 7) is 6.23. The summed E-state index contributed by atoms with van der Waals surface area (Å²) in [4.78, 5) is 12.3. The van der Waals surface area contributed by atoms with Gasteiger partial charge in [-0.15, -0.1) is 0 Å². The van der Waals surface area contributed by atoms with E-state index in [9.17, 15) is 4.39 Å². The van der Waals surface area contributed by atoms with Gasteiger partial charge < -0.3 is 4.98 Å². The monoisotopic (exact) mass is 357 g/mol. The van der Waals surface area contributed by atoms with Crippen molar-refractivity contribution in [1.29, 1.82) is 0 Å². The quantitative estimate of drug-likeness (QED) is 0.498. The van der Waals surface area contributed by atoms with Gasteiger partial charge in [-0.2, -0.15) is 0 Å². The molecule has 2 heterocycles. The van der Waals surface area contributed by atoms with Gasteiger partial charge in [-0.05, 0) is 56.2 Å². The summed E-state index contributed by atoms with van der Waals surface area (Å²) in [5.41, 5.74) is 7.34. The molecule has 4 heteroatoms. The Bertz CT molecular complexity index is 1090. The first-order chi connectivity index (χ1) is 13.0. The Kier molecular flexibility index (Phi) is 4.32. The molecule has 0 saturated carbocycles. The van der Waals surface area contributed by atoms with E-state index < -0.39 is 0 Å². The van der Waals surface area contributed by atoms with Crippen molar-refractivity contribution in [1.82, 2.24) is 15.0 Å². The number of imidazole rings is 1. The van der Waals surface area contributed by atoms with Crippen LogP contribution in [0, 0.1) is 26.6 Å². The Morgan fingerprint density at radius 3 is 2.22 bits per heavy atom. The summed E-state index contributed by atoms with van der Waals surface area (Å²) in [7, 11) is 0. The number of hydrogen-bond acceptors (Lipinski definition) is 2. The second-order valence-electron chi connectivity index (χ2n) is 6.80. The van der Waals surface area contributed by atoms with Crippen LogP contribution in [0.15, 0.2) is 60.9 Å². The van der Waals surface area contributed by atoms with Crippen molar-refractivity contribution in [2.45, 2.75) is 20.8 Å². The van der Waals surface area contributed by atoms with E-state index in [1.54, 1.807) is 24.5 Å². The second-order valence-corrected chi connectivity index (χ2v) is 6.80. The highest BCUT2D eigenvalue weighted by Gasteiger charge is 2.19. The molecular formula is C23H20FN3. The summed E-state index contributed by atoms with van der Waals surface area (Å²) in [5.74, 6) is 0.468. The van der Waals surface area contributed by atoms with Crippen LogP contribution in [0.1, 0.15) is 16.7 Å². The Hall–Kier alpha value is -3.27. The van der Waals surface area contributed by atoms with Gasteiger partial charge in [-0.1, -0.05) is 29.8 Å². The third kappa shape index (κ3) is 3.14. The van der Waals surface area contributed by atoms with Gasteiger partial charge in [-0.25, -0.2) is 9.37 Å². The molecule has 0 aliphatic carbocycles. The average molecular weight is 357 g/mol. The molecule has 134 valence electrons. The number of nitrogens with one attached hydrogen (secondary N) is 1. The van der Waals surface area contributed by atoms with E-state index in [1.165, 1.54) is 11.6 Å². The van der Waals surface area contributed by atoms with E-state index in [-0.39, 0.29) is 5.82 Å². The molecule has 0 saturated heterocycles. The Morgan fingerprint density at radius 2 is 1.56 bits per heavy atom. The fourth-order valence-corrected chi connectivity index (χ4v) is 3.62. The lowest BCUT2D eigenvalue weighted by molar-refractivity contribution is 0.631. The largest absolute Gasteiger partial charge is 0.337 e. The first kappa shape index (κ1) is 17.2. The predicted molar refractivity (Wildman–Crippen MR) is 107 cm³/mol. The molecule has 0 fully saturated rings. The first-order valence-electron chi connectivity index (χ1n) is 8.88. The molecule has 0 bridgehead atoms. The van der Waals surface area contributed by atoms with Crippen LogP contribution in [0.25, 0.3) is 33.9 Å². The minimum Gasteiger partial charge on any atom is -0.337 e. The van der Waals surface area contributed by atoms with Gasteiger partial charge in [0.2, 0.25) is 0 Å². The second kappa shape index (κ2) is 6.80. The third-order valence-corrected chi connectivity index (χ3v) is 4.71. The van der Waals surface area contributed by atoms with E-state index in [0.29, 0.717) is 11.3 Å². The average Bonchev–Trinajstić information content (AvgIpc) is 3.06. The van der Waals surface area contributed by atoms with E-state index in [2.05, 4.69) is 42.9 Å². The molecule has 2 aromatic heterocycles. The van der Waals surface area contributed by atoms with Crippen LogP contribution in [0.5, 0.6) is 0 Å². The zero-order valence-electron chi connectivity index (χ0n) is 15.5. The maximum Gasteiger partial charge on any atom is 0.139 e. The van der Waals surface area contributed by atoms with Crippen LogP contribution in [0.4, 0.5) is 4.39 Å². The zero-order chi connectivity index (χ0) is 19.0. The van der Waals surface area contributed by atoms with Gasteiger partial charge in [0.1, 0.15) is 11.6 Å². The molecule has 3 nitrogen and oxygen atoms in total. The third-order valence-electron chi connectivity index (χ3n) is 4.71. The van der Waals surface area contributed by atoms with Crippen molar-refractivity contribution in [3.8, 4) is 33.9 Å². The normalized spacial score (nSPS) is 11.0. The molecule has 0 radical (unpaired) electrons. The van der Waals surface area contributed by atoms with Crippen molar-refractivity contribution in [3.63, 3.8) is 0 Å². The van der Waals surface area contributed by atoms with E-state index >= 15 is 0 Å². The predicted octanol–water partition coefficient (Wildman–Crippen LogP) is 5.87. The van der Waals surface area contributed by atoms with Crippen LogP contribution in [0.2, 0.25) is 0 Å². The number of pyridine rings is 1. The molecule has 0 atom stereocenters. The minimum absolute atomic E-state index is 0.277. The molecule has 0 aliphatic heterocycles. The van der Waals surface area contributed by atoms with E-state index in [1.807, 2.05) is 18.2 Å². The van der Waals surface area contributed by atoms with Gasteiger partial charge in [0.25, 0.3) is 0 Å². The Morgan fingerprint density at radius 1 is 0.889 bits per heavy atom. The van der Waals surface area contributed by atoms with Gasteiger partial charge >= 0.3 is 0 Å². The first-order valence-corrected chi connectivity index (χ1v) is 8.88. The lowest BCUT2D eigenvalue weighted by Crippen LogP contribution is -1.92. The standard InChI is InChI=1S/C23H20FN3/c1-14-12-15(2)20(16(3)13-14)23-26-21(17-8-10-25-11-9-17)22(27-23)18-6-4-5-7-19(18)24/h4-13H,1-3H3,(H,26,27). The SMILES string of the molecule is Cc1cc(C)c(-c2nc(-c3ccncc3)c(-c3ccccc3F)[nH]2)c(C)c1. The van der Waals surface area contributed by atoms with Gasteiger partial charge in [0.15, 0.2) is 0 Å². The Balaban J connectivity index is 1.98. The number of aromatic amines is 1. The van der Waals surface area contributed by atoms with Gasteiger partial charge in [0, 0.05) is 29.1 Å². The Labute approximate surface area is 158 Å². The van der Waals surface area contributed by atoms with Crippen LogP contribution >= 0.6 is 0 Å². The van der Waals surface area contributed by atoms with Crippen molar-refractivity contribution in [3.05, 3.63) is 83.4 Å². The summed E-state index contributed by atoms with van der Waals surface area (Å²) in [6, 6.07) is 14.8. The van der Waals surface area contributed by atoms with Crippen LogP contribution in [-0.4, -0.2) is 15.0 Å². The molecule has 27 heavy (non-hydrogen) atoms.